The molecule has 4 nitrogen and oxygen atoms in total. The molecular formula is C15H23ClN2O2. The van der Waals surface area contributed by atoms with Crippen molar-refractivity contribution >= 4 is 11.6 Å². The van der Waals surface area contributed by atoms with Crippen molar-refractivity contribution in [3.8, 4) is 0 Å². The molecule has 1 aliphatic rings. The van der Waals surface area contributed by atoms with Crippen molar-refractivity contribution in [3.63, 3.8) is 0 Å². The molecule has 0 spiro atoms. The molecule has 1 atom stereocenters. The zero-order chi connectivity index (χ0) is 14.4. The Morgan fingerprint density at radius 2 is 1.85 bits per heavy atom. The maximum absolute atomic E-state index is 10.3. The topological polar surface area (TPSA) is 35.9 Å². The second-order valence-corrected chi connectivity index (χ2v) is 5.58. The van der Waals surface area contributed by atoms with Crippen molar-refractivity contribution < 1.29 is 9.84 Å². The second kappa shape index (κ2) is 7.96. The van der Waals surface area contributed by atoms with Gasteiger partial charge in [-0.05, 0) is 6.07 Å². The average molecular weight is 299 g/mol. The lowest BCUT2D eigenvalue weighted by Gasteiger charge is -2.35. The highest BCUT2D eigenvalue weighted by molar-refractivity contribution is 6.31. The molecule has 1 unspecified atom stereocenters. The van der Waals surface area contributed by atoms with Crippen LogP contribution in [-0.2, 0) is 4.74 Å². The first kappa shape index (κ1) is 15.7. The first-order valence-corrected chi connectivity index (χ1v) is 7.44. The van der Waals surface area contributed by atoms with E-state index in [2.05, 4.69) is 9.80 Å². The van der Waals surface area contributed by atoms with Gasteiger partial charge in [-0.1, -0.05) is 29.8 Å². The minimum atomic E-state index is -0.519. The van der Waals surface area contributed by atoms with Crippen LogP contribution in [-0.4, -0.2) is 67.9 Å². The number of piperazine rings is 1. The average Bonchev–Trinajstić information content (AvgIpc) is 2.47. The first-order chi connectivity index (χ1) is 9.70. The summed E-state index contributed by atoms with van der Waals surface area (Å²) < 4.78 is 5.10. The fourth-order valence-electron chi connectivity index (χ4n) is 2.50. The standard InChI is InChI=1S/C15H23ClN2O2/c1-20-11-10-17-6-8-18(9-7-17)12-15(19)13-4-2-3-5-14(13)16/h2-5,15,19H,6-12H2,1H3. The van der Waals surface area contributed by atoms with E-state index in [0.29, 0.717) is 11.6 Å². The molecule has 0 aromatic heterocycles. The van der Waals surface area contributed by atoms with Crippen LogP contribution in [0.5, 0.6) is 0 Å². The van der Waals surface area contributed by atoms with E-state index in [1.807, 2.05) is 24.3 Å². The number of hydrogen-bond acceptors (Lipinski definition) is 4. The van der Waals surface area contributed by atoms with Gasteiger partial charge in [-0.25, -0.2) is 0 Å². The van der Waals surface area contributed by atoms with Crippen LogP contribution < -0.4 is 0 Å². The molecule has 0 aliphatic carbocycles. The van der Waals surface area contributed by atoms with Crippen molar-refractivity contribution in [2.24, 2.45) is 0 Å². The largest absolute Gasteiger partial charge is 0.387 e. The molecule has 20 heavy (non-hydrogen) atoms. The number of halogens is 1. The van der Waals surface area contributed by atoms with Gasteiger partial charge in [-0.3, -0.25) is 9.80 Å². The third kappa shape index (κ3) is 4.43. The Morgan fingerprint density at radius 1 is 1.20 bits per heavy atom. The highest BCUT2D eigenvalue weighted by Crippen LogP contribution is 2.23. The van der Waals surface area contributed by atoms with Gasteiger partial charge in [0.1, 0.15) is 0 Å². The molecule has 0 amide bonds. The number of ether oxygens (including phenoxy) is 1. The van der Waals surface area contributed by atoms with E-state index in [0.717, 1.165) is 44.9 Å². The van der Waals surface area contributed by atoms with Crippen LogP contribution >= 0.6 is 11.6 Å². The van der Waals surface area contributed by atoms with Gasteiger partial charge in [0.25, 0.3) is 0 Å². The molecule has 1 aliphatic heterocycles. The molecule has 1 saturated heterocycles. The number of aliphatic hydroxyl groups is 1. The fraction of sp³-hybridized carbons (Fsp3) is 0.600. The number of methoxy groups -OCH3 is 1. The van der Waals surface area contributed by atoms with Gasteiger partial charge in [0.2, 0.25) is 0 Å². The lowest BCUT2D eigenvalue weighted by molar-refractivity contribution is 0.0612. The predicted molar refractivity (Wildman–Crippen MR) is 81.2 cm³/mol. The van der Waals surface area contributed by atoms with Crippen molar-refractivity contribution in [2.75, 3.05) is 53.0 Å². The fourth-order valence-corrected chi connectivity index (χ4v) is 2.77. The molecule has 1 heterocycles. The maximum Gasteiger partial charge on any atom is 0.0931 e. The molecule has 1 aromatic carbocycles. The second-order valence-electron chi connectivity index (χ2n) is 5.17. The van der Waals surface area contributed by atoms with Gasteiger partial charge in [0.05, 0.1) is 12.7 Å². The number of hydrogen-bond donors (Lipinski definition) is 1. The predicted octanol–water partition coefficient (Wildman–Crippen LogP) is 1.64. The van der Waals surface area contributed by atoms with Crippen LogP contribution in [0, 0.1) is 0 Å². The van der Waals surface area contributed by atoms with E-state index in [1.54, 1.807) is 7.11 Å². The Kier molecular flexibility index (Phi) is 6.26. The highest BCUT2D eigenvalue weighted by atomic mass is 35.5. The van der Waals surface area contributed by atoms with Gasteiger partial charge < -0.3 is 9.84 Å². The van der Waals surface area contributed by atoms with E-state index in [4.69, 9.17) is 16.3 Å². The van der Waals surface area contributed by atoms with Crippen LogP contribution in [0.2, 0.25) is 5.02 Å². The van der Waals surface area contributed by atoms with E-state index in [9.17, 15) is 5.11 Å². The molecule has 1 aromatic rings. The summed E-state index contributed by atoms with van der Waals surface area (Å²) in [4.78, 5) is 4.68. The van der Waals surface area contributed by atoms with Gasteiger partial charge in [-0.2, -0.15) is 0 Å². The molecule has 2 rings (SSSR count). The van der Waals surface area contributed by atoms with Crippen LogP contribution in [0.25, 0.3) is 0 Å². The summed E-state index contributed by atoms with van der Waals surface area (Å²) in [5, 5.41) is 10.9. The van der Waals surface area contributed by atoms with E-state index < -0.39 is 6.10 Å². The highest BCUT2D eigenvalue weighted by Gasteiger charge is 2.20. The van der Waals surface area contributed by atoms with Crippen LogP contribution in [0.4, 0.5) is 0 Å². The van der Waals surface area contributed by atoms with Crippen LogP contribution in [0.3, 0.4) is 0 Å². The number of β-amino-alcohol motifs (C(OH)–C–C–N with tert-alkyl or cyclic N) is 1. The summed E-state index contributed by atoms with van der Waals surface area (Å²) in [7, 11) is 1.73. The smallest absolute Gasteiger partial charge is 0.0931 e. The van der Waals surface area contributed by atoms with Crippen molar-refractivity contribution in [2.45, 2.75) is 6.10 Å². The van der Waals surface area contributed by atoms with E-state index >= 15 is 0 Å². The van der Waals surface area contributed by atoms with Crippen molar-refractivity contribution in [3.05, 3.63) is 34.9 Å². The Balaban J connectivity index is 1.79. The summed E-state index contributed by atoms with van der Waals surface area (Å²) >= 11 is 6.12. The summed E-state index contributed by atoms with van der Waals surface area (Å²) in [5.41, 5.74) is 0.816. The molecule has 112 valence electrons. The third-order valence-electron chi connectivity index (χ3n) is 3.77. The summed E-state index contributed by atoms with van der Waals surface area (Å²) in [6.45, 7) is 6.41. The van der Waals surface area contributed by atoms with Crippen molar-refractivity contribution in [1.29, 1.82) is 0 Å². The van der Waals surface area contributed by atoms with E-state index in [1.165, 1.54) is 0 Å². The summed E-state index contributed by atoms with van der Waals surface area (Å²) in [6, 6.07) is 7.50. The quantitative estimate of drug-likeness (QED) is 0.866. The third-order valence-corrected chi connectivity index (χ3v) is 4.12. The summed E-state index contributed by atoms with van der Waals surface area (Å²) in [5.74, 6) is 0. The minimum absolute atomic E-state index is 0.519. The van der Waals surface area contributed by atoms with Gasteiger partial charge >= 0.3 is 0 Å². The zero-order valence-corrected chi connectivity index (χ0v) is 12.7. The number of nitrogens with zero attached hydrogens (tertiary/aromatic N) is 2. The van der Waals surface area contributed by atoms with Gasteiger partial charge in [-0.15, -0.1) is 0 Å². The SMILES string of the molecule is COCCN1CCN(CC(O)c2ccccc2Cl)CC1. The molecule has 5 heteroatoms. The Morgan fingerprint density at radius 3 is 2.50 bits per heavy atom. The van der Waals surface area contributed by atoms with Crippen molar-refractivity contribution in [1.82, 2.24) is 9.80 Å². The molecule has 1 fully saturated rings. The summed E-state index contributed by atoms with van der Waals surface area (Å²) in [6.07, 6.45) is -0.519. The normalized spacial score (nSPS) is 19.1. The zero-order valence-electron chi connectivity index (χ0n) is 12.0. The Labute approximate surface area is 125 Å². The van der Waals surface area contributed by atoms with Gasteiger partial charge in [0, 0.05) is 57.0 Å². The number of rotatable bonds is 6. The monoisotopic (exact) mass is 298 g/mol. The Hall–Kier alpha value is -0.650. The molecule has 1 N–H and O–H groups in total. The minimum Gasteiger partial charge on any atom is -0.387 e. The number of aliphatic hydroxyl groups excluding tert-OH is 1. The molecule has 0 radical (unpaired) electrons. The number of benzene rings is 1. The maximum atomic E-state index is 10.3. The molecule has 0 bridgehead atoms. The van der Waals surface area contributed by atoms with E-state index in [-0.39, 0.29) is 0 Å². The first-order valence-electron chi connectivity index (χ1n) is 7.07. The van der Waals surface area contributed by atoms with Crippen LogP contribution in [0.15, 0.2) is 24.3 Å². The van der Waals surface area contributed by atoms with Gasteiger partial charge in [0.15, 0.2) is 0 Å². The van der Waals surface area contributed by atoms with Crippen LogP contribution in [0.1, 0.15) is 11.7 Å². The lowest BCUT2D eigenvalue weighted by atomic mass is 10.1. The molecular weight excluding hydrogens is 276 g/mol. The molecule has 0 saturated carbocycles. The lowest BCUT2D eigenvalue weighted by Crippen LogP contribution is -2.48. The Bertz CT molecular complexity index is 409.